The van der Waals surface area contributed by atoms with Crippen molar-refractivity contribution < 1.29 is 33.8 Å². The number of carbonyl (C=O) groups excluding carboxylic acids is 4. The number of fused-ring (bicyclic) bond motifs is 1. The Morgan fingerprint density at radius 1 is 1.09 bits per heavy atom. The van der Waals surface area contributed by atoms with Crippen molar-refractivity contribution in [1.29, 1.82) is 0 Å². The zero-order chi connectivity index (χ0) is 23.4. The lowest BCUT2D eigenvalue weighted by Gasteiger charge is -2.34. The normalized spacial score (nSPS) is 30.0. The fourth-order valence-corrected chi connectivity index (χ4v) is 4.45. The second-order valence-electron chi connectivity index (χ2n) is 8.39. The van der Waals surface area contributed by atoms with Gasteiger partial charge in [-0.1, -0.05) is 42.5 Å². The van der Waals surface area contributed by atoms with E-state index in [-0.39, 0.29) is 31.4 Å². The number of esters is 1. The first-order valence-electron chi connectivity index (χ1n) is 11.0. The van der Waals surface area contributed by atoms with E-state index in [0.717, 1.165) is 5.56 Å². The summed E-state index contributed by atoms with van der Waals surface area (Å²) in [5.41, 5.74) is 0.824. The van der Waals surface area contributed by atoms with Crippen LogP contribution in [0.4, 0.5) is 4.79 Å². The first kappa shape index (κ1) is 22.8. The topological polar surface area (TPSA) is 134 Å². The third-order valence-electron chi connectivity index (χ3n) is 6.12. The molecule has 10 heteroatoms. The van der Waals surface area contributed by atoms with E-state index in [1.54, 1.807) is 0 Å². The number of amides is 3. The molecule has 0 aromatic heterocycles. The number of carbonyl (C=O) groups is 4. The molecule has 0 bridgehead atoms. The smallest absolute Gasteiger partial charge is 0.408 e. The van der Waals surface area contributed by atoms with Gasteiger partial charge < -0.3 is 30.1 Å². The van der Waals surface area contributed by atoms with Gasteiger partial charge >= 0.3 is 12.1 Å². The van der Waals surface area contributed by atoms with Crippen molar-refractivity contribution >= 4 is 23.9 Å². The van der Waals surface area contributed by atoms with Crippen LogP contribution < -0.4 is 10.6 Å². The Morgan fingerprint density at radius 2 is 1.85 bits per heavy atom. The summed E-state index contributed by atoms with van der Waals surface area (Å²) in [6.07, 6.45) is 3.50. The first-order chi connectivity index (χ1) is 15.9. The molecule has 2 saturated heterocycles. The van der Waals surface area contributed by atoms with Crippen LogP contribution in [0.3, 0.4) is 0 Å². The SMILES string of the molecule is O=C1CC(NC(=O)C2CCC3C/C=C\CC(NC(=O)OCc4ccccc4)C(=O)N32)C(O)O1. The van der Waals surface area contributed by atoms with Crippen LogP contribution >= 0.6 is 0 Å². The summed E-state index contributed by atoms with van der Waals surface area (Å²) in [7, 11) is 0. The predicted molar refractivity (Wildman–Crippen MR) is 114 cm³/mol. The summed E-state index contributed by atoms with van der Waals surface area (Å²) in [5, 5.41) is 15.0. The van der Waals surface area contributed by atoms with Crippen molar-refractivity contribution in [3.05, 3.63) is 48.0 Å². The summed E-state index contributed by atoms with van der Waals surface area (Å²) in [4.78, 5) is 51.5. The molecular weight excluding hydrogens is 430 g/mol. The molecule has 5 unspecified atom stereocenters. The lowest BCUT2D eigenvalue weighted by Crippen LogP contribution is -2.57. The number of nitrogens with zero attached hydrogens (tertiary/aromatic N) is 1. The Kier molecular flexibility index (Phi) is 6.93. The number of hydrogen-bond acceptors (Lipinski definition) is 7. The number of rotatable bonds is 5. The third kappa shape index (κ3) is 5.33. The molecule has 0 saturated carbocycles. The van der Waals surface area contributed by atoms with Crippen LogP contribution in [0.2, 0.25) is 0 Å². The summed E-state index contributed by atoms with van der Waals surface area (Å²) in [6, 6.07) is 6.53. The van der Waals surface area contributed by atoms with Crippen LogP contribution in [0.5, 0.6) is 0 Å². The maximum atomic E-state index is 13.4. The van der Waals surface area contributed by atoms with Gasteiger partial charge in [0.05, 0.1) is 6.42 Å². The number of hydrogen-bond donors (Lipinski definition) is 3. The Labute approximate surface area is 190 Å². The molecule has 176 valence electrons. The average molecular weight is 457 g/mol. The van der Waals surface area contributed by atoms with E-state index < -0.39 is 42.4 Å². The van der Waals surface area contributed by atoms with Gasteiger partial charge in [0.15, 0.2) is 0 Å². The molecule has 3 aliphatic heterocycles. The standard InChI is InChI=1S/C23H27N3O7/c27-19-12-17(22(30)33-19)24-20(28)18-11-10-15-8-4-5-9-16(21(29)26(15)18)25-23(31)32-13-14-6-2-1-3-7-14/h1-7,15-18,22,30H,8-13H2,(H,24,28)(H,25,31)/b5-4-. The minimum absolute atomic E-state index is 0.0747. The quantitative estimate of drug-likeness (QED) is 0.439. The van der Waals surface area contributed by atoms with Crippen molar-refractivity contribution in [1.82, 2.24) is 15.5 Å². The molecule has 3 heterocycles. The molecule has 0 spiro atoms. The Balaban J connectivity index is 1.40. The maximum absolute atomic E-state index is 13.4. The van der Waals surface area contributed by atoms with Gasteiger partial charge in [0.2, 0.25) is 18.1 Å². The van der Waals surface area contributed by atoms with E-state index in [2.05, 4.69) is 15.4 Å². The summed E-state index contributed by atoms with van der Waals surface area (Å²) in [5.74, 6) is -1.41. The molecule has 33 heavy (non-hydrogen) atoms. The minimum Gasteiger partial charge on any atom is -0.445 e. The molecule has 3 amide bonds. The fraction of sp³-hybridized carbons (Fsp3) is 0.478. The van der Waals surface area contributed by atoms with Crippen LogP contribution in [-0.4, -0.2) is 64.3 Å². The first-order valence-corrected chi connectivity index (χ1v) is 11.0. The van der Waals surface area contributed by atoms with E-state index in [1.165, 1.54) is 4.90 Å². The number of nitrogens with one attached hydrogen (secondary N) is 2. The molecule has 4 rings (SSSR count). The molecule has 3 N–H and O–H groups in total. The predicted octanol–water partition coefficient (Wildman–Crippen LogP) is 0.741. The maximum Gasteiger partial charge on any atom is 0.408 e. The summed E-state index contributed by atoms with van der Waals surface area (Å²) in [6.45, 7) is 0.0747. The van der Waals surface area contributed by atoms with Gasteiger partial charge in [-0.05, 0) is 31.2 Å². The van der Waals surface area contributed by atoms with Gasteiger partial charge in [-0.15, -0.1) is 0 Å². The number of aliphatic hydroxyl groups is 1. The number of alkyl carbamates (subject to hydrolysis) is 1. The lowest BCUT2D eigenvalue weighted by molar-refractivity contribution is -0.155. The molecule has 0 radical (unpaired) electrons. The van der Waals surface area contributed by atoms with Gasteiger partial charge in [-0.2, -0.15) is 0 Å². The molecule has 0 aliphatic carbocycles. The van der Waals surface area contributed by atoms with Crippen molar-refractivity contribution in [2.45, 2.75) is 69.2 Å². The monoisotopic (exact) mass is 457 g/mol. The van der Waals surface area contributed by atoms with Crippen LogP contribution in [0.25, 0.3) is 0 Å². The average Bonchev–Trinajstić information content (AvgIpc) is 3.35. The molecular formula is C23H27N3O7. The van der Waals surface area contributed by atoms with Crippen LogP contribution in [0.1, 0.15) is 37.7 Å². The largest absolute Gasteiger partial charge is 0.445 e. The van der Waals surface area contributed by atoms with Gasteiger partial charge in [0, 0.05) is 6.04 Å². The van der Waals surface area contributed by atoms with Crippen LogP contribution in [-0.2, 0) is 30.5 Å². The third-order valence-corrected chi connectivity index (χ3v) is 6.12. The number of ether oxygens (including phenoxy) is 2. The summed E-state index contributed by atoms with van der Waals surface area (Å²) >= 11 is 0. The van der Waals surface area contributed by atoms with Gasteiger partial charge in [-0.25, -0.2) is 4.79 Å². The lowest BCUT2D eigenvalue weighted by atomic mass is 10.0. The van der Waals surface area contributed by atoms with E-state index in [0.29, 0.717) is 19.3 Å². The fourth-order valence-electron chi connectivity index (χ4n) is 4.45. The highest BCUT2D eigenvalue weighted by atomic mass is 16.6. The number of benzene rings is 1. The number of cyclic esters (lactones) is 1. The Bertz CT molecular complexity index is 935. The van der Waals surface area contributed by atoms with Crippen molar-refractivity contribution in [3.8, 4) is 0 Å². The Hall–Kier alpha value is -3.40. The van der Waals surface area contributed by atoms with E-state index >= 15 is 0 Å². The van der Waals surface area contributed by atoms with Gasteiger partial charge in [0.1, 0.15) is 24.7 Å². The zero-order valence-corrected chi connectivity index (χ0v) is 18.0. The second-order valence-corrected chi connectivity index (χ2v) is 8.39. The van der Waals surface area contributed by atoms with Crippen LogP contribution in [0.15, 0.2) is 42.5 Å². The second kappa shape index (κ2) is 10.0. The Morgan fingerprint density at radius 3 is 2.58 bits per heavy atom. The van der Waals surface area contributed by atoms with Gasteiger partial charge in [-0.3, -0.25) is 14.4 Å². The molecule has 2 fully saturated rings. The van der Waals surface area contributed by atoms with E-state index in [4.69, 9.17) is 4.74 Å². The van der Waals surface area contributed by atoms with Crippen molar-refractivity contribution in [2.24, 2.45) is 0 Å². The highest BCUT2D eigenvalue weighted by molar-refractivity contribution is 5.92. The molecule has 1 aromatic rings. The summed E-state index contributed by atoms with van der Waals surface area (Å²) < 4.78 is 9.92. The highest BCUT2D eigenvalue weighted by Crippen LogP contribution is 2.30. The van der Waals surface area contributed by atoms with Crippen molar-refractivity contribution in [2.75, 3.05) is 0 Å². The van der Waals surface area contributed by atoms with E-state index in [9.17, 15) is 24.3 Å². The molecule has 5 atom stereocenters. The van der Waals surface area contributed by atoms with Crippen LogP contribution in [0, 0.1) is 0 Å². The molecule has 1 aromatic carbocycles. The molecule has 10 nitrogen and oxygen atoms in total. The highest BCUT2D eigenvalue weighted by Gasteiger charge is 2.45. The minimum atomic E-state index is -1.40. The number of aliphatic hydroxyl groups excluding tert-OH is 1. The van der Waals surface area contributed by atoms with Gasteiger partial charge in [0.25, 0.3) is 0 Å². The van der Waals surface area contributed by atoms with Crippen molar-refractivity contribution in [3.63, 3.8) is 0 Å². The molecule has 3 aliphatic rings. The zero-order valence-electron chi connectivity index (χ0n) is 18.0. The van der Waals surface area contributed by atoms with E-state index in [1.807, 2.05) is 42.5 Å².